The van der Waals surface area contributed by atoms with Crippen LogP contribution in [0.2, 0.25) is 0 Å². The van der Waals surface area contributed by atoms with Crippen LogP contribution in [0.1, 0.15) is 45.0 Å². The maximum Gasteiger partial charge on any atom is 0.410 e. The second kappa shape index (κ2) is 7.73. The van der Waals surface area contributed by atoms with Gasteiger partial charge in [-0.25, -0.2) is 4.68 Å². The Bertz CT molecular complexity index is 1090. The summed E-state index contributed by atoms with van der Waals surface area (Å²) in [6.07, 6.45) is -4.71. The van der Waals surface area contributed by atoms with Crippen LogP contribution in [0.15, 0.2) is 40.2 Å². The lowest BCUT2D eigenvalue weighted by atomic mass is 10.0. The van der Waals surface area contributed by atoms with E-state index in [2.05, 4.69) is 31.7 Å². The summed E-state index contributed by atoms with van der Waals surface area (Å²) < 4.78 is 42.5. The molecule has 2 N–H and O–H groups in total. The fourth-order valence-electron chi connectivity index (χ4n) is 3.42. The molecule has 0 fully saturated rings. The van der Waals surface area contributed by atoms with Gasteiger partial charge in [-0.1, -0.05) is 12.1 Å². The van der Waals surface area contributed by atoms with Crippen molar-refractivity contribution in [3.63, 3.8) is 0 Å². The maximum atomic E-state index is 13.8. The van der Waals surface area contributed by atoms with Crippen molar-refractivity contribution in [3.05, 3.63) is 61.9 Å². The second-order valence-corrected chi connectivity index (χ2v) is 8.99. The first-order valence-corrected chi connectivity index (χ1v) is 10.9. The molecule has 1 aliphatic rings. The monoisotopic (exact) mass is 498 g/mol. The molecule has 1 aliphatic heterocycles. The maximum absolute atomic E-state index is 13.8. The number of alkyl halides is 3. The van der Waals surface area contributed by atoms with Crippen LogP contribution in [0, 0.1) is 13.8 Å². The Morgan fingerprint density at radius 3 is 2.70 bits per heavy atom. The molecule has 30 heavy (non-hydrogen) atoms. The number of carbonyl (C=O) groups excluding carboxylic acids is 1. The molecular weight excluding hydrogens is 481 g/mol. The molecule has 2 atom stereocenters. The summed E-state index contributed by atoms with van der Waals surface area (Å²) in [6.45, 7) is 3.87. The van der Waals surface area contributed by atoms with E-state index in [0.717, 1.165) is 20.7 Å². The second-order valence-electron chi connectivity index (χ2n) is 7.21. The molecule has 3 heterocycles. The molecular formula is C20H18BrF3N4OS. The van der Waals surface area contributed by atoms with Gasteiger partial charge < -0.3 is 10.6 Å². The molecule has 0 saturated heterocycles. The average Bonchev–Trinajstić information content (AvgIpc) is 3.32. The minimum atomic E-state index is -4.50. The van der Waals surface area contributed by atoms with Crippen LogP contribution < -0.4 is 10.6 Å². The highest BCUT2D eigenvalue weighted by atomic mass is 79.9. The van der Waals surface area contributed by atoms with E-state index < -0.39 is 24.2 Å². The normalized spacial score (nSPS) is 18.6. The van der Waals surface area contributed by atoms with Gasteiger partial charge in [0.2, 0.25) is 0 Å². The number of nitrogens with one attached hydrogen (secondary N) is 2. The van der Waals surface area contributed by atoms with Crippen molar-refractivity contribution in [3.8, 4) is 0 Å². The molecule has 2 unspecified atom stereocenters. The molecule has 0 saturated carbocycles. The zero-order chi connectivity index (χ0) is 21.6. The number of thiophene rings is 1. The number of hydrogen-bond donors (Lipinski definition) is 2. The van der Waals surface area contributed by atoms with Crippen LogP contribution in [0.25, 0.3) is 0 Å². The number of aryl methyl sites for hydroxylation is 2. The number of nitrogens with zero attached hydrogens (tertiary/aromatic N) is 2. The van der Waals surface area contributed by atoms with E-state index >= 15 is 0 Å². The summed E-state index contributed by atoms with van der Waals surface area (Å²) in [5, 5.41) is 11.7. The van der Waals surface area contributed by atoms with E-state index in [0.29, 0.717) is 5.69 Å². The molecule has 5 nitrogen and oxygen atoms in total. The van der Waals surface area contributed by atoms with E-state index in [1.54, 1.807) is 24.3 Å². The number of halogens is 4. The van der Waals surface area contributed by atoms with Gasteiger partial charge in [0.15, 0.2) is 11.7 Å². The van der Waals surface area contributed by atoms with Crippen LogP contribution in [0.4, 0.5) is 24.7 Å². The van der Waals surface area contributed by atoms with E-state index in [1.807, 2.05) is 25.3 Å². The van der Waals surface area contributed by atoms with E-state index in [1.165, 1.54) is 11.3 Å². The molecule has 158 valence electrons. The highest BCUT2D eigenvalue weighted by Crippen LogP contribution is 2.46. The number of aromatic nitrogens is 2. The molecule has 1 aromatic carbocycles. The zero-order valence-corrected chi connectivity index (χ0v) is 18.5. The Labute approximate surface area is 183 Å². The lowest BCUT2D eigenvalue weighted by Crippen LogP contribution is -2.35. The molecule has 0 aliphatic carbocycles. The standard InChI is InChI=1S/C20H18BrF3N4OS/c1-10-5-6-12(8-11(10)2)25-19(29)17-16(21)18-26-13(14-4-3-7-30-14)9-15(20(22,23)24)28(18)27-17/h3-8,13,15,26H,9H2,1-2H3,(H,25,29). The predicted molar refractivity (Wildman–Crippen MR) is 114 cm³/mol. The summed E-state index contributed by atoms with van der Waals surface area (Å²) in [4.78, 5) is 13.6. The van der Waals surface area contributed by atoms with Gasteiger partial charge in [-0.05, 0) is 64.5 Å². The molecule has 4 rings (SSSR count). The van der Waals surface area contributed by atoms with Crippen LogP contribution in [0.3, 0.4) is 0 Å². The number of anilines is 2. The van der Waals surface area contributed by atoms with Crippen molar-refractivity contribution in [2.75, 3.05) is 10.6 Å². The topological polar surface area (TPSA) is 59.0 Å². The third-order valence-corrected chi connectivity index (χ3v) is 6.90. The first-order chi connectivity index (χ1) is 14.1. The highest BCUT2D eigenvalue weighted by molar-refractivity contribution is 9.10. The largest absolute Gasteiger partial charge is 0.410 e. The molecule has 3 aromatic rings. The summed E-state index contributed by atoms with van der Waals surface area (Å²) in [5.74, 6) is -0.436. The summed E-state index contributed by atoms with van der Waals surface area (Å²) >= 11 is 4.68. The lowest BCUT2D eigenvalue weighted by molar-refractivity contribution is -0.173. The SMILES string of the molecule is Cc1ccc(NC(=O)c2nn3c(c2Br)NC(c2cccs2)CC3C(F)(F)F)cc1C. The Kier molecular flexibility index (Phi) is 5.39. The first-order valence-electron chi connectivity index (χ1n) is 9.18. The summed E-state index contributed by atoms with van der Waals surface area (Å²) in [7, 11) is 0. The van der Waals surface area contributed by atoms with Gasteiger partial charge in [0.25, 0.3) is 5.91 Å². The van der Waals surface area contributed by atoms with Crippen LogP contribution in [-0.4, -0.2) is 21.9 Å². The minimum Gasteiger partial charge on any atom is -0.362 e. The van der Waals surface area contributed by atoms with Gasteiger partial charge >= 0.3 is 6.18 Å². The number of carbonyl (C=O) groups is 1. The van der Waals surface area contributed by atoms with Gasteiger partial charge in [0.1, 0.15) is 5.82 Å². The number of amides is 1. The Balaban J connectivity index is 1.69. The quantitative estimate of drug-likeness (QED) is 0.449. The van der Waals surface area contributed by atoms with E-state index in [-0.39, 0.29) is 22.4 Å². The van der Waals surface area contributed by atoms with E-state index in [4.69, 9.17) is 0 Å². The van der Waals surface area contributed by atoms with Gasteiger partial charge in [-0.3, -0.25) is 4.79 Å². The minimum absolute atomic E-state index is 0.100. The average molecular weight is 499 g/mol. The van der Waals surface area contributed by atoms with Gasteiger partial charge in [0, 0.05) is 17.0 Å². The molecule has 1 amide bonds. The third-order valence-electron chi connectivity index (χ3n) is 5.16. The molecule has 2 aromatic heterocycles. The van der Waals surface area contributed by atoms with Crippen LogP contribution in [0.5, 0.6) is 0 Å². The van der Waals surface area contributed by atoms with Crippen LogP contribution in [-0.2, 0) is 0 Å². The van der Waals surface area contributed by atoms with Gasteiger partial charge in [0.05, 0.1) is 10.5 Å². The lowest BCUT2D eigenvalue weighted by Gasteiger charge is -2.33. The van der Waals surface area contributed by atoms with Crippen molar-refractivity contribution in [2.24, 2.45) is 0 Å². The first kappa shape index (κ1) is 20.9. The Morgan fingerprint density at radius 2 is 2.07 bits per heavy atom. The van der Waals surface area contributed by atoms with Gasteiger partial charge in [-0.15, -0.1) is 11.3 Å². The molecule has 0 radical (unpaired) electrons. The fourth-order valence-corrected chi connectivity index (χ4v) is 4.77. The predicted octanol–water partition coefficient (Wildman–Crippen LogP) is 6.24. The van der Waals surface area contributed by atoms with Crippen molar-refractivity contribution in [2.45, 2.75) is 38.5 Å². The van der Waals surface area contributed by atoms with Crippen molar-refractivity contribution in [1.29, 1.82) is 0 Å². The number of fused-ring (bicyclic) bond motifs is 1. The molecule has 0 bridgehead atoms. The fraction of sp³-hybridized carbons (Fsp3) is 0.300. The van der Waals surface area contributed by atoms with Gasteiger partial charge in [-0.2, -0.15) is 18.3 Å². The summed E-state index contributed by atoms with van der Waals surface area (Å²) in [6, 6.07) is 6.66. The molecule has 0 spiro atoms. The number of benzene rings is 1. The number of rotatable bonds is 3. The Hall–Kier alpha value is -2.33. The van der Waals surface area contributed by atoms with E-state index in [9.17, 15) is 18.0 Å². The third kappa shape index (κ3) is 3.85. The Morgan fingerprint density at radius 1 is 1.30 bits per heavy atom. The van der Waals surface area contributed by atoms with Crippen molar-refractivity contribution in [1.82, 2.24) is 9.78 Å². The highest BCUT2D eigenvalue weighted by Gasteiger charge is 2.48. The smallest absolute Gasteiger partial charge is 0.362 e. The number of hydrogen-bond acceptors (Lipinski definition) is 4. The summed E-state index contributed by atoms with van der Waals surface area (Å²) in [5.41, 5.74) is 2.52. The molecule has 10 heteroatoms. The van der Waals surface area contributed by atoms with Crippen LogP contribution >= 0.6 is 27.3 Å². The van der Waals surface area contributed by atoms with Crippen molar-refractivity contribution >= 4 is 44.7 Å². The zero-order valence-electron chi connectivity index (χ0n) is 16.0. The van der Waals surface area contributed by atoms with Crippen molar-refractivity contribution < 1.29 is 18.0 Å².